The highest BCUT2D eigenvalue weighted by molar-refractivity contribution is 5.93. The number of nitrogens with two attached hydrogens (primary N) is 1. The highest BCUT2D eigenvalue weighted by Crippen LogP contribution is 2.38. The lowest BCUT2D eigenvalue weighted by Gasteiger charge is -2.42. The van der Waals surface area contributed by atoms with Gasteiger partial charge in [0.25, 0.3) is 0 Å². The van der Waals surface area contributed by atoms with Crippen molar-refractivity contribution in [1.82, 2.24) is 15.0 Å². The first kappa shape index (κ1) is 21.2. The minimum atomic E-state index is -0.343. The summed E-state index contributed by atoms with van der Waals surface area (Å²) >= 11 is 0. The number of nitrogen functional groups attached to an aromatic ring is 1. The lowest BCUT2D eigenvalue weighted by molar-refractivity contribution is 0.298. The van der Waals surface area contributed by atoms with Crippen LogP contribution in [0.25, 0.3) is 11.6 Å². The molecule has 0 aliphatic carbocycles. The van der Waals surface area contributed by atoms with E-state index in [-0.39, 0.29) is 35.9 Å². The molecular weight excluding hydrogens is 409 g/mol. The van der Waals surface area contributed by atoms with E-state index in [4.69, 9.17) is 5.73 Å². The van der Waals surface area contributed by atoms with E-state index in [1.165, 1.54) is 18.5 Å². The zero-order valence-corrected chi connectivity index (χ0v) is 17.4. The topological polar surface area (TPSA) is 124 Å². The Hall–Kier alpha value is -4.03. The van der Waals surface area contributed by atoms with Crippen molar-refractivity contribution >= 4 is 29.0 Å². The Morgan fingerprint density at radius 1 is 1.28 bits per heavy atom. The largest absolute Gasteiger partial charge is 0.395 e. The SMILES string of the molecule is CC(Nc1ncnc(N)c1C#N)[C@@H]1C(c2ccccn2)=Cc2cc(F)ccc2N1CCO. The fraction of sp³-hybridized carbons (Fsp3) is 0.217. The van der Waals surface area contributed by atoms with Gasteiger partial charge in [0.2, 0.25) is 0 Å². The highest BCUT2D eigenvalue weighted by Gasteiger charge is 2.34. The van der Waals surface area contributed by atoms with Crippen LogP contribution in [0.3, 0.4) is 0 Å². The highest BCUT2D eigenvalue weighted by atomic mass is 19.1. The van der Waals surface area contributed by atoms with E-state index in [0.717, 1.165) is 17.0 Å². The molecule has 8 nitrogen and oxygen atoms in total. The van der Waals surface area contributed by atoms with Crippen LogP contribution < -0.4 is 16.0 Å². The molecule has 0 amide bonds. The van der Waals surface area contributed by atoms with Crippen molar-refractivity contribution in [1.29, 1.82) is 5.26 Å². The van der Waals surface area contributed by atoms with E-state index in [1.807, 2.05) is 42.2 Å². The molecule has 1 aliphatic heterocycles. The van der Waals surface area contributed by atoms with Crippen molar-refractivity contribution in [3.05, 3.63) is 71.6 Å². The Bertz CT molecular complexity index is 1190. The van der Waals surface area contributed by atoms with Gasteiger partial charge in [-0.05, 0) is 43.3 Å². The molecule has 9 heteroatoms. The van der Waals surface area contributed by atoms with Gasteiger partial charge in [-0.15, -0.1) is 0 Å². The van der Waals surface area contributed by atoms with Crippen molar-refractivity contribution in [3.63, 3.8) is 0 Å². The number of hydrogen-bond donors (Lipinski definition) is 3. The van der Waals surface area contributed by atoms with Crippen molar-refractivity contribution in [2.24, 2.45) is 0 Å². The van der Waals surface area contributed by atoms with Gasteiger partial charge >= 0.3 is 0 Å². The lowest BCUT2D eigenvalue weighted by Crippen LogP contribution is -2.49. The Morgan fingerprint density at radius 2 is 2.12 bits per heavy atom. The minimum absolute atomic E-state index is 0.0920. The zero-order chi connectivity index (χ0) is 22.7. The number of β-amino-alcohol motifs (C(OH)–C–C–N with tert-alkyl or cyclic N) is 1. The molecule has 1 unspecified atom stereocenters. The summed E-state index contributed by atoms with van der Waals surface area (Å²) in [4.78, 5) is 14.6. The van der Waals surface area contributed by atoms with Crippen molar-refractivity contribution in [2.75, 3.05) is 29.1 Å². The van der Waals surface area contributed by atoms with Crippen molar-refractivity contribution in [2.45, 2.75) is 19.0 Å². The molecule has 0 bridgehead atoms. The average molecular weight is 431 g/mol. The maximum Gasteiger partial charge on any atom is 0.149 e. The van der Waals surface area contributed by atoms with Crippen molar-refractivity contribution in [3.8, 4) is 6.07 Å². The molecule has 162 valence electrons. The Morgan fingerprint density at radius 3 is 2.84 bits per heavy atom. The number of benzene rings is 1. The van der Waals surface area contributed by atoms with Crippen LogP contribution in [0, 0.1) is 17.1 Å². The molecule has 2 atom stereocenters. The van der Waals surface area contributed by atoms with E-state index in [2.05, 4.69) is 20.3 Å². The number of pyridine rings is 1. The molecule has 0 spiro atoms. The second-order valence-electron chi connectivity index (χ2n) is 7.41. The maximum atomic E-state index is 14.0. The molecule has 4 N–H and O–H groups in total. The van der Waals surface area contributed by atoms with Crippen molar-refractivity contribution < 1.29 is 9.50 Å². The predicted octanol–water partition coefficient (Wildman–Crippen LogP) is 2.69. The first-order valence-corrected chi connectivity index (χ1v) is 10.1. The van der Waals surface area contributed by atoms with Crippen LogP contribution in [-0.4, -0.2) is 45.3 Å². The number of aliphatic hydroxyl groups is 1. The monoisotopic (exact) mass is 431 g/mol. The normalized spacial score (nSPS) is 16.0. The van der Waals surface area contributed by atoms with Crippen LogP contribution in [0.5, 0.6) is 0 Å². The summed E-state index contributed by atoms with van der Waals surface area (Å²) in [5.74, 6) is 0.0696. The van der Waals surface area contributed by atoms with E-state index in [0.29, 0.717) is 17.9 Å². The third kappa shape index (κ3) is 3.96. The quantitative estimate of drug-likeness (QED) is 0.544. The Balaban J connectivity index is 1.82. The summed E-state index contributed by atoms with van der Waals surface area (Å²) in [6.07, 6.45) is 4.91. The number of nitrogens with zero attached hydrogens (tertiary/aromatic N) is 5. The molecule has 3 heterocycles. The van der Waals surface area contributed by atoms with Crippen LogP contribution in [0.15, 0.2) is 48.9 Å². The first-order chi connectivity index (χ1) is 15.5. The van der Waals surface area contributed by atoms with Gasteiger partial charge in [-0.3, -0.25) is 4.98 Å². The predicted molar refractivity (Wildman–Crippen MR) is 121 cm³/mol. The fourth-order valence-corrected chi connectivity index (χ4v) is 4.05. The van der Waals surface area contributed by atoms with E-state index in [1.54, 1.807) is 12.3 Å². The molecule has 2 aromatic heterocycles. The minimum Gasteiger partial charge on any atom is -0.395 e. The van der Waals surface area contributed by atoms with Gasteiger partial charge in [-0.2, -0.15) is 5.26 Å². The molecule has 3 aromatic rings. The van der Waals surface area contributed by atoms with Crippen LogP contribution in [0.1, 0.15) is 23.7 Å². The van der Waals surface area contributed by atoms with Gasteiger partial charge in [0.15, 0.2) is 0 Å². The molecule has 1 aliphatic rings. The number of nitriles is 1. The number of nitrogens with one attached hydrogen (secondary N) is 1. The van der Waals surface area contributed by atoms with Crippen LogP contribution in [0.4, 0.5) is 21.7 Å². The number of halogens is 1. The zero-order valence-electron chi connectivity index (χ0n) is 17.4. The molecular formula is C23H22FN7O. The van der Waals surface area contributed by atoms with Crippen LogP contribution >= 0.6 is 0 Å². The van der Waals surface area contributed by atoms with E-state index >= 15 is 0 Å². The third-order valence-corrected chi connectivity index (χ3v) is 5.39. The molecule has 0 saturated heterocycles. The van der Waals surface area contributed by atoms with Gasteiger partial charge in [-0.1, -0.05) is 6.07 Å². The number of aromatic nitrogens is 3. The second kappa shape index (κ2) is 8.99. The maximum absolute atomic E-state index is 14.0. The molecule has 1 aromatic carbocycles. The van der Waals surface area contributed by atoms with Crippen LogP contribution in [0.2, 0.25) is 0 Å². The van der Waals surface area contributed by atoms with Gasteiger partial charge < -0.3 is 21.1 Å². The number of anilines is 3. The summed E-state index contributed by atoms with van der Waals surface area (Å²) in [6, 6.07) is 11.6. The molecule has 0 fully saturated rings. The summed E-state index contributed by atoms with van der Waals surface area (Å²) in [7, 11) is 0. The third-order valence-electron chi connectivity index (χ3n) is 5.39. The number of aliphatic hydroxyl groups excluding tert-OH is 1. The number of hydrogen-bond acceptors (Lipinski definition) is 8. The summed E-state index contributed by atoms with van der Waals surface area (Å²) in [5, 5.41) is 22.6. The fourth-order valence-electron chi connectivity index (χ4n) is 4.05. The molecule has 32 heavy (non-hydrogen) atoms. The van der Waals surface area contributed by atoms with Gasteiger partial charge in [-0.25, -0.2) is 14.4 Å². The summed E-state index contributed by atoms with van der Waals surface area (Å²) < 4.78 is 14.0. The number of rotatable bonds is 6. The first-order valence-electron chi connectivity index (χ1n) is 10.1. The smallest absolute Gasteiger partial charge is 0.149 e. The Kier molecular flexibility index (Phi) is 5.96. The average Bonchev–Trinajstić information content (AvgIpc) is 2.79. The standard InChI is InChI=1S/C23H22FN7O/c1-14(30-23-18(12-25)22(26)28-13-29-23)21-17(19-4-2-3-7-27-19)11-15-10-16(24)5-6-20(15)31(21)8-9-32/h2-7,10-11,13-14,21,32H,8-9H2,1H3,(H3,26,28,29,30)/t14?,21-/m1/s1. The molecule has 4 rings (SSSR count). The van der Waals surface area contributed by atoms with E-state index < -0.39 is 0 Å². The Labute approximate surface area is 184 Å². The van der Waals surface area contributed by atoms with Crippen LogP contribution in [-0.2, 0) is 0 Å². The van der Waals surface area contributed by atoms with Gasteiger partial charge in [0, 0.05) is 35.6 Å². The van der Waals surface area contributed by atoms with Gasteiger partial charge in [0.1, 0.15) is 35.4 Å². The lowest BCUT2D eigenvalue weighted by atomic mass is 9.88. The molecule has 0 saturated carbocycles. The number of fused-ring (bicyclic) bond motifs is 1. The second-order valence-corrected chi connectivity index (χ2v) is 7.41. The summed E-state index contributed by atoms with van der Waals surface area (Å²) in [5.41, 5.74) is 9.07. The van der Waals surface area contributed by atoms with E-state index in [9.17, 15) is 14.8 Å². The molecule has 0 radical (unpaired) electrons. The summed E-state index contributed by atoms with van der Waals surface area (Å²) in [6.45, 7) is 2.16. The van der Waals surface area contributed by atoms with Gasteiger partial charge in [0.05, 0.1) is 18.3 Å².